The molecule has 0 radical (unpaired) electrons. The third-order valence-corrected chi connectivity index (χ3v) is 22.6. The summed E-state index contributed by atoms with van der Waals surface area (Å²) >= 11 is 0. The highest BCUT2D eigenvalue weighted by Crippen LogP contribution is 2.52. The summed E-state index contributed by atoms with van der Waals surface area (Å²) in [5, 5.41) is 8.76. The minimum absolute atomic E-state index is 0.150. The molecule has 22 rings (SSSR count). The van der Waals surface area contributed by atoms with E-state index in [1.165, 1.54) is 55.6 Å². The van der Waals surface area contributed by atoms with E-state index in [0.717, 1.165) is 155 Å². The van der Waals surface area contributed by atoms with Crippen molar-refractivity contribution in [3.8, 4) is 77.9 Å². The topological polar surface area (TPSA) is 59.0 Å². The van der Waals surface area contributed by atoms with Gasteiger partial charge < -0.3 is 27.5 Å². The normalized spacial score (nSPS) is 12.3. The fourth-order valence-corrected chi connectivity index (χ4v) is 17.0. The highest BCUT2D eigenvalue weighted by atomic mass is 16.3. The summed E-state index contributed by atoms with van der Waals surface area (Å²) in [6.45, 7) is 4.68. The van der Waals surface area contributed by atoms with Crippen LogP contribution in [0.3, 0.4) is 0 Å². The molecule has 0 N–H and O–H groups in total. The van der Waals surface area contributed by atoms with Gasteiger partial charge in [0.05, 0.1) is 0 Å². The number of benzene rings is 17. The number of hydrogen-bond donors (Lipinski definition) is 0. The molecular formula is C105H70N2O4. The van der Waals surface area contributed by atoms with Crippen LogP contribution in [0.15, 0.2) is 406 Å². The fraction of sp³-hybridized carbons (Fsp3) is 0.0286. The largest absolute Gasteiger partial charge is 0.456 e. The Bertz CT molecular complexity index is 7050. The van der Waals surface area contributed by atoms with Crippen LogP contribution in [-0.4, -0.2) is 0 Å². The SMILES string of the molecule is CC1(C)c2ccccc2-c2ccc(N(c3ccc(-c4ccccc4)cc3)c3ccc4c(c3)oc3c(-c5ccc6oc7ccccc7c6c5)cc(-c5ccc6oc7ccccc7c6c5)cc34)cc21.c1ccc(-c2ccc(N(c3ccc(-c4ccccc4)cc3)c3ccc(-c4cccc5c4oc4ccccc45)cc3)cc2)cc1. The van der Waals surface area contributed by atoms with Crippen molar-refractivity contribution in [2.45, 2.75) is 19.3 Å². The summed E-state index contributed by atoms with van der Waals surface area (Å²) < 4.78 is 26.0. The van der Waals surface area contributed by atoms with E-state index in [0.29, 0.717) is 0 Å². The van der Waals surface area contributed by atoms with E-state index >= 15 is 0 Å². The molecule has 0 fully saturated rings. The van der Waals surface area contributed by atoms with Gasteiger partial charge in [-0.3, -0.25) is 0 Å². The average Bonchev–Trinajstić information content (AvgIpc) is 1.59. The predicted molar refractivity (Wildman–Crippen MR) is 462 cm³/mol. The zero-order valence-corrected chi connectivity index (χ0v) is 61.0. The summed E-state index contributed by atoms with van der Waals surface area (Å²) in [5.41, 5.74) is 32.3. The molecule has 0 amide bonds. The van der Waals surface area contributed by atoms with Crippen molar-refractivity contribution in [3.63, 3.8) is 0 Å². The van der Waals surface area contributed by atoms with E-state index < -0.39 is 0 Å². The maximum absolute atomic E-state index is 7.15. The van der Waals surface area contributed by atoms with E-state index in [2.05, 4.69) is 375 Å². The standard InChI is InChI=1S/C63H41NO3.C42H29NO/c1-63(2)55-17-9-6-14-46(55)47-28-26-44(36-56(47)63)64(43-24-20-39(21-25-43)38-12-4-3-5-13-38)45-27-29-50-54-35-42(40-22-30-59-52(32-40)48-15-7-10-18-57(48)65-59)34-51(62(54)67-61(50)37-45)41-23-31-60-53(33-41)49-16-8-11-19-58(49)66-60;1-3-10-30(11-4-1)32-18-24-35(25-19-32)43(36-26-20-33(21-27-36)31-12-5-2-6-13-31)37-28-22-34(23-29-37)38-15-9-16-40-39-14-7-8-17-41(39)44-42(38)40/h3-37H,1-2H3;1-29H. The fourth-order valence-electron chi connectivity index (χ4n) is 17.0. The summed E-state index contributed by atoms with van der Waals surface area (Å²) in [7, 11) is 0. The Balaban J connectivity index is 0.000000154. The first-order valence-corrected chi connectivity index (χ1v) is 37.9. The first-order valence-electron chi connectivity index (χ1n) is 37.9. The monoisotopic (exact) mass is 1420 g/mol. The number of furan rings is 4. The maximum atomic E-state index is 7.15. The maximum Gasteiger partial charge on any atom is 0.143 e. The van der Waals surface area contributed by atoms with Gasteiger partial charge in [0.15, 0.2) is 0 Å². The van der Waals surface area contributed by atoms with Crippen molar-refractivity contribution >= 4 is 122 Å². The molecule has 0 saturated heterocycles. The van der Waals surface area contributed by atoms with E-state index in [9.17, 15) is 0 Å². The molecule has 4 heterocycles. The van der Waals surface area contributed by atoms with Crippen molar-refractivity contribution in [1.82, 2.24) is 0 Å². The minimum Gasteiger partial charge on any atom is -0.456 e. The van der Waals surface area contributed by atoms with E-state index in [1.54, 1.807) is 0 Å². The Labute approximate surface area is 641 Å². The van der Waals surface area contributed by atoms with Crippen molar-refractivity contribution in [2.24, 2.45) is 0 Å². The third kappa shape index (κ3) is 11.3. The Kier molecular flexibility index (Phi) is 15.5. The first-order chi connectivity index (χ1) is 54.7. The molecule has 1 aliphatic rings. The lowest BCUT2D eigenvalue weighted by Crippen LogP contribution is -2.16. The second-order valence-corrected chi connectivity index (χ2v) is 29.4. The molecular weight excluding hydrogens is 1350 g/mol. The lowest BCUT2D eigenvalue weighted by Gasteiger charge is -2.28. The van der Waals surface area contributed by atoms with Gasteiger partial charge in [-0.1, -0.05) is 269 Å². The van der Waals surface area contributed by atoms with Gasteiger partial charge in [-0.2, -0.15) is 0 Å². The Morgan fingerprint density at radius 3 is 1.11 bits per heavy atom. The second-order valence-electron chi connectivity index (χ2n) is 29.4. The smallest absolute Gasteiger partial charge is 0.143 e. The quantitative estimate of drug-likeness (QED) is 0.121. The lowest BCUT2D eigenvalue weighted by molar-refractivity contribution is 0.660. The molecule has 0 atom stereocenters. The van der Waals surface area contributed by atoms with Crippen LogP contribution < -0.4 is 9.80 Å². The number of anilines is 6. The molecule has 0 saturated carbocycles. The van der Waals surface area contributed by atoms with Gasteiger partial charge in [-0.05, 0) is 205 Å². The molecule has 0 aliphatic heterocycles. The zero-order chi connectivity index (χ0) is 73.7. The van der Waals surface area contributed by atoms with E-state index in [4.69, 9.17) is 17.7 Å². The van der Waals surface area contributed by atoms with Gasteiger partial charge in [0.2, 0.25) is 0 Å². The molecule has 0 bridgehead atoms. The second kappa shape index (κ2) is 26.5. The highest BCUT2D eigenvalue weighted by molar-refractivity contribution is 6.15. The average molecular weight is 1420 g/mol. The van der Waals surface area contributed by atoms with Crippen LogP contribution in [-0.2, 0) is 5.41 Å². The predicted octanol–water partition coefficient (Wildman–Crippen LogP) is 30.2. The number of hydrogen-bond acceptors (Lipinski definition) is 6. The van der Waals surface area contributed by atoms with E-state index in [1.807, 2.05) is 36.4 Å². The number of fused-ring (bicyclic) bond motifs is 15. The molecule has 0 spiro atoms. The number of rotatable bonds is 12. The molecule has 6 heteroatoms. The summed E-state index contributed by atoms with van der Waals surface area (Å²) in [5.74, 6) is 0. The van der Waals surface area contributed by atoms with Gasteiger partial charge in [-0.25, -0.2) is 0 Å². The van der Waals surface area contributed by atoms with Crippen LogP contribution in [0, 0.1) is 0 Å². The van der Waals surface area contributed by atoms with Crippen LogP contribution in [0.2, 0.25) is 0 Å². The van der Waals surface area contributed by atoms with Crippen LogP contribution >= 0.6 is 0 Å². The molecule has 4 aromatic heterocycles. The number of para-hydroxylation sites is 4. The molecule has 21 aromatic rings. The van der Waals surface area contributed by atoms with Gasteiger partial charge in [-0.15, -0.1) is 0 Å². The van der Waals surface area contributed by atoms with Crippen molar-refractivity contribution in [1.29, 1.82) is 0 Å². The molecule has 6 nitrogen and oxygen atoms in total. The van der Waals surface area contributed by atoms with Crippen molar-refractivity contribution < 1.29 is 17.7 Å². The highest BCUT2D eigenvalue weighted by Gasteiger charge is 2.36. The minimum atomic E-state index is -0.150. The summed E-state index contributed by atoms with van der Waals surface area (Å²) in [4.78, 5) is 4.69. The van der Waals surface area contributed by atoms with Crippen LogP contribution in [0.5, 0.6) is 0 Å². The van der Waals surface area contributed by atoms with Crippen molar-refractivity contribution in [2.75, 3.05) is 9.80 Å². The zero-order valence-electron chi connectivity index (χ0n) is 61.0. The van der Waals surface area contributed by atoms with Crippen molar-refractivity contribution in [3.05, 3.63) is 399 Å². The molecule has 1 aliphatic carbocycles. The number of nitrogens with zero attached hydrogens (tertiary/aromatic N) is 2. The molecule has 111 heavy (non-hydrogen) atoms. The Hall–Kier alpha value is -14.5. The first kappa shape index (κ1) is 64.9. The Morgan fingerprint density at radius 1 is 0.180 bits per heavy atom. The summed E-state index contributed by atoms with van der Waals surface area (Å²) in [6.07, 6.45) is 0. The lowest BCUT2D eigenvalue weighted by atomic mass is 9.82. The molecule has 17 aromatic carbocycles. The van der Waals surface area contributed by atoms with Gasteiger partial charge in [0, 0.05) is 99.8 Å². The van der Waals surface area contributed by atoms with Gasteiger partial charge in [0.25, 0.3) is 0 Å². The van der Waals surface area contributed by atoms with Gasteiger partial charge in [0.1, 0.15) is 44.7 Å². The van der Waals surface area contributed by atoms with E-state index in [-0.39, 0.29) is 5.41 Å². The van der Waals surface area contributed by atoms with Gasteiger partial charge >= 0.3 is 0 Å². The molecule has 0 unspecified atom stereocenters. The van der Waals surface area contributed by atoms with Crippen LogP contribution in [0.1, 0.15) is 25.0 Å². The third-order valence-electron chi connectivity index (χ3n) is 22.6. The molecule has 524 valence electrons. The van der Waals surface area contributed by atoms with Crippen LogP contribution in [0.4, 0.5) is 34.1 Å². The van der Waals surface area contributed by atoms with Crippen LogP contribution in [0.25, 0.3) is 166 Å². The summed E-state index contributed by atoms with van der Waals surface area (Å²) in [6, 6.07) is 138. The Morgan fingerprint density at radius 2 is 0.541 bits per heavy atom.